The Kier molecular flexibility index (Phi) is 5.78. The highest BCUT2D eigenvalue weighted by molar-refractivity contribution is 7.80. The minimum atomic E-state index is 0.747. The molecule has 20 heavy (non-hydrogen) atoms. The highest BCUT2D eigenvalue weighted by atomic mass is 32.1. The lowest BCUT2D eigenvalue weighted by atomic mass is 10.0. The first-order chi connectivity index (χ1) is 9.76. The van der Waals surface area contributed by atoms with Crippen molar-refractivity contribution in [1.29, 1.82) is 0 Å². The van der Waals surface area contributed by atoms with Crippen molar-refractivity contribution in [2.24, 2.45) is 5.92 Å². The van der Waals surface area contributed by atoms with Gasteiger partial charge in [0.05, 0.1) is 0 Å². The van der Waals surface area contributed by atoms with Crippen LogP contribution in [0.15, 0.2) is 42.5 Å². The lowest BCUT2D eigenvalue weighted by Crippen LogP contribution is -2.25. The van der Waals surface area contributed by atoms with E-state index >= 15 is 0 Å². The zero-order valence-electron chi connectivity index (χ0n) is 12.5. The van der Waals surface area contributed by atoms with Gasteiger partial charge in [0, 0.05) is 24.2 Å². The van der Waals surface area contributed by atoms with Gasteiger partial charge in [0.1, 0.15) is 0 Å². The van der Waals surface area contributed by atoms with Gasteiger partial charge in [-0.05, 0) is 42.9 Å². The molecule has 0 aliphatic carbocycles. The van der Waals surface area contributed by atoms with E-state index in [9.17, 15) is 0 Å². The molecule has 2 heteroatoms. The second kappa shape index (κ2) is 7.58. The van der Waals surface area contributed by atoms with Crippen molar-refractivity contribution in [3.05, 3.63) is 42.5 Å². The molecule has 0 saturated carbocycles. The molecule has 0 amide bonds. The van der Waals surface area contributed by atoms with Crippen LogP contribution in [0.25, 0.3) is 10.8 Å². The molecule has 0 aliphatic rings. The van der Waals surface area contributed by atoms with Gasteiger partial charge in [-0.1, -0.05) is 43.3 Å². The second-order valence-corrected chi connectivity index (χ2v) is 5.93. The summed E-state index contributed by atoms with van der Waals surface area (Å²) in [4.78, 5) is 2.50. The van der Waals surface area contributed by atoms with Crippen LogP contribution in [0.2, 0.25) is 0 Å². The molecule has 0 heterocycles. The van der Waals surface area contributed by atoms with E-state index in [2.05, 4.69) is 73.8 Å². The van der Waals surface area contributed by atoms with Crippen molar-refractivity contribution in [3.8, 4) is 0 Å². The van der Waals surface area contributed by atoms with E-state index in [1.165, 1.54) is 29.3 Å². The van der Waals surface area contributed by atoms with Gasteiger partial charge in [-0.25, -0.2) is 0 Å². The third-order valence-electron chi connectivity index (χ3n) is 4.00. The van der Waals surface area contributed by atoms with Gasteiger partial charge in [-0.15, -0.1) is 0 Å². The summed E-state index contributed by atoms with van der Waals surface area (Å²) >= 11 is 4.33. The second-order valence-electron chi connectivity index (χ2n) is 5.48. The largest absolute Gasteiger partial charge is 0.371 e. The molecule has 0 fully saturated rings. The number of hydrogen-bond donors (Lipinski definition) is 1. The predicted molar refractivity (Wildman–Crippen MR) is 94.1 cm³/mol. The van der Waals surface area contributed by atoms with Crippen LogP contribution in [-0.2, 0) is 0 Å². The first kappa shape index (κ1) is 15.2. The smallest absolute Gasteiger partial charge is 0.0445 e. The van der Waals surface area contributed by atoms with Gasteiger partial charge in [-0.3, -0.25) is 0 Å². The van der Waals surface area contributed by atoms with E-state index in [0.29, 0.717) is 0 Å². The van der Waals surface area contributed by atoms with Crippen LogP contribution in [0.5, 0.6) is 0 Å². The minimum absolute atomic E-state index is 0.747. The molecule has 0 spiro atoms. The van der Waals surface area contributed by atoms with Gasteiger partial charge >= 0.3 is 0 Å². The monoisotopic (exact) mass is 287 g/mol. The molecule has 2 aromatic rings. The van der Waals surface area contributed by atoms with E-state index < -0.39 is 0 Å². The van der Waals surface area contributed by atoms with Crippen molar-refractivity contribution >= 4 is 29.1 Å². The number of rotatable bonds is 7. The van der Waals surface area contributed by atoms with Gasteiger partial charge in [0.15, 0.2) is 0 Å². The maximum absolute atomic E-state index is 4.33. The molecule has 0 bridgehead atoms. The first-order valence-electron chi connectivity index (χ1n) is 7.59. The molecule has 0 aromatic heterocycles. The molecule has 2 rings (SSSR count). The Hall–Kier alpha value is -1.15. The molecule has 1 nitrogen and oxygen atoms in total. The van der Waals surface area contributed by atoms with Crippen LogP contribution in [-0.4, -0.2) is 18.8 Å². The normalized spacial score (nSPS) is 12.6. The van der Waals surface area contributed by atoms with E-state index in [1.54, 1.807) is 0 Å². The minimum Gasteiger partial charge on any atom is -0.371 e. The number of thiol groups is 1. The lowest BCUT2D eigenvalue weighted by Gasteiger charge is -2.26. The lowest BCUT2D eigenvalue weighted by molar-refractivity contribution is 0.517. The molecular formula is C18H25NS. The fraction of sp³-hybridized carbons (Fsp3) is 0.444. The molecule has 0 radical (unpaired) electrons. The summed E-state index contributed by atoms with van der Waals surface area (Å²) in [6, 6.07) is 15.3. The van der Waals surface area contributed by atoms with Crippen molar-refractivity contribution < 1.29 is 0 Å². The van der Waals surface area contributed by atoms with Crippen LogP contribution in [0.3, 0.4) is 0 Å². The summed E-state index contributed by atoms with van der Waals surface area (Å²) in [5.41, 5.74) is 1.36. The van der Waals surface area contributed by atoms with Crippen molar-refractivity contribution in [3.63, 3.8) is 0 Å². The fourth-order valence-corrected chi connectivity index (χ4v) is 3.11. The molecule has 2 aromatic carbocycles. The van der Waals surface area contributed by atoms with E-state index in [4.69, 9.17) is 0 Å². The zero-order chi connectivity index (χ0) is 14.4. The van der Waals surface area contributed by atoms with Gasteiger partial charge < -0.3 is 4.90 Å². The summed E-state index contributed by atoms with van der Waals surface area (Å²) in [6.45, 7) is 6.75. The van der Waals surface area contributed by atoms with Crippen LogP contribution >= 0.6 is 12.6 Å². The van der Waals surface area contributed by atoms with Crippen LogP contribution in [0, 0.1) is 5.92 Å². The van der Waals surface area contributed by atoms with Gasteiger partial charge in [0.2, 0.25) is 0 Å². The summed E-state index contributed by atoms with van der Waals surface area (Å²) in [7, 11) is 0. The Balaban J connectivity index is 2.17. The molecule has 1 unspecified atom stereocenters. The van der Waals surface area contributed by atoms with Crippen molar-refractivity contribution in [2.45, 2.75) is 26.7 Å². The SMILES string of the molecule is CCN(CCC(C)CCS)c1cccc2ccccc12. The summed E-state index contributed by atoms with van der Waals surface area (Å²) in [6.07, 6.45) is 2.44. The maximum Gasteiger partial charge on any atom is 0.0445 e. The van der Waals surface area contributed by atoms with Crippen LogP contribution < -0.4 is 4.90 Å². The number of nitrogens with zero attached hydrogens (tertiary/aromatic N) is 1. The van der Waals surface area contributed by atoms with E-state index in [0.717, 1.165) is 24.8 Å². The Morgan fingerprint density at radius 3 is 2.55 bits per heavy atom. The standard InChI is InChI=1S/C18H25NS/c1-3-19(13-11-15(2)12-14-20)18-10-6-8-16-7-4-5-9-17(16)18/h4-10,15,20H,3,11-14H2,1-2H3. The summed E-state index contributed by atoms with van der Waals surface area (Å²) in [5.74, 6) is 1.73. The first-order valence-corrected chi connectivity index (χ1v) is 8.23. The third kappa shape index (κ3) is 3.69. The molecular weight excluding hydrogens is 262 g/mol. The maximum atomic E-state index is 4.33. The van der Waals surface area contributed by atoms with Crippen molar-refractivity contribution in [2.75, 3.05) is 23.7 Å². The van der Waals surface area contributed by atoms with Crippen LogP contribution in [0.1, 0.15) is 26.7 Å². The molecule has 0 saturated heterocycles. The number of benzene rings is 2. The third-order valence-corrected chi connectivity index (χ3v) is 4.26. The zero-order valence-corrected chi connectivity index (χ0v) is 13.4. The van der Waals surface area contributed by atoms with Gasteiger partial charge in [-0.2, -0.15) is 12.6 Å². The number of fused-ring (bicyclic) bond motifs is 1. The van der Waals surface area contributed by atoms with Crippen LogP contribution in [0.4, 0.5) is 5.69 Å². The summed E-state index contributed by atoms with van der Waals surface area (Å²) < 4.78 is 0. The fourth-order valence-electron chi connectivity index (χ4n) is 2.67. The molecule has 0 N–H and O–H groups in total. The summed E-state index contributed by atoms with van der Waals surface area (Å²) in [5, 5.41) is 2.69. The van der Waals surface area contributed by atoms with E-state index in [-0.39, 0.29) is 0 Å². The molecule has 0 aliphatic heterocycles. The average molecular weight is 287 g/mol. The molecule has 108 valence electrons. The Labute approximate surface area is 128 Å². The van der Waals surface area contributed by atoms with Crippen molar-refractivity contribution in [1.82, 2.24) is 0 Å². The Morgan fingerprint density at radius 1 is 1.05 bits per heavy atom. The Bertz CT molecular complexity index is 532. The Morgan fingerprint density at radius 2 is 1.80 bits per heavy atom. The average Bonchev–Trinajstić information content (AvgIpc) is 2.48. The highest BCUT2D eigenvalue weighted by Crippen LogP contribution is 2.27. The quantitative estimate of drug-likeness (QED) is 0.700. The highest BCUT2D eigenvalue weighted by Gasteiger charge is 2.10. The number of hydrogen-bond acceptors (Lipinski definition) is 2. The van der Waals surface area contributed by atoms with Gasteiger partial charge in [0.25, 0.3) is 0 Å². The number of anilines is 1. The van der Waals surface area contributed by atoms with E-state index in [1.807, 2.05) is 0 Å². The molecule has 1 atom stereocenters. The topological polar surface area (TPSA) is 3.24 Å². The predicted octanol–water partition coefficient (Wildman–Crippen LogP) is 5.01.